The van der Waals surface area contributed by atoms with Crippen LogP contribution in [-0.2, 0) is 15.1 Å². The van der Waals surface area contributed by atoms with Crippen LogP contribution in [0.4, 0.5) is 0 Å². The fourth-order valence-corrected chi connectivity index (χ4v) is 3.98. The van der Waals surface area contributed by atoms with Crippen molar-refractivity contribution in [3.63, 3.8) is 0 Å². The van der Waals surface area contributed by atoms with Crippen molar-refractivity contribution in [1.29, 1.82) is 0 Å². The minimum absolute atomic E-state index is 0.00442. The molecule has 6 nitrogen and oxygen atoms in total. The first kappa shape index (κ1) is 17.5. The van der Waals surface area contributed by atoms with Crippen LogP contribution in [-0.4, -0.2) is 54.3 Å². The molecule has 0 unspecified atom stereocenters. The van der Waals surface area contributed by atoms with Gasteiger partial charge < -0.3 is 19.6 Å². The minimum atomic E-state index is -1.19. The summed E-state index contributed by atoms with van der Waals surface area (Å²) in [6.45, 7) is 5.10. The molecule has 3 rings (SSSR count). The van der Waals surface area contributed by atoms with Crippen LogP contribution in [0.2, 0.25) is 0 Å². The number of amides is 1. The number of nitrogens with one attached hydrogen (secondary N) is 1. The van der Waals surface area contributed by atoms with E-state index in [4.69, 9.17) is 9.15 Å². The molecule has 1 saturated carbocycles. The number of aliphatic hydroxyl groups is 1. The third kappa shape index (κ3) is 3.82. The molecule has 0 spiro atoms. The number of carbonyl (C=O) groups is 1. The molecule has 24 heavy (non-hydrogen) atoms. The van der Waals surface area contributed by atoms with Crippen LogP contribution < -0.4 is 5.32 Å². The first-order valence-corrected chi connectivity index (χ1v) is 8.88. The Bertz CT molecular complexity index is 529. The summed E-state index contributed by atoms with van der Waals surface area (Å²) in [5.41, 5.74) is -1.23. The average molecular weight is 336 g/mol. The lowest BCUT2D eigenvalue weighted by Crippen LogP contribution is -2.54. The van der Waals surface area contributed by atoms with Crippen molar-refractivity contribution in [3.8, 4) is 0 Å². The number of rotatable bonds is 6. The molecule has 1 atom stereocenters. The molecule has 1 aromatic rings. The highest BCUT2D eigenvalue weighted by Crippen LogP contribution is 2.38. The van der Waals surface area contributed by atoms with E-state index in [-0.39, 0.29) is 18.0 Å². The second-order valence-corrected chi connectivity index (χ2v) is 7.24. The molecule has 1 aliphatic heterocycles. The highest BCUT2D eigenvalue weighted by Gasteiger charge is 2.42. The summed E-state index contributed by atoms with van der Waals surface area (Å²) < 4.78 is 10.7. The molecule has 0 bridgehead atoms. The number of hydrogen-bond donors (Lipinski definition) is 2. The van der Waals surface area contributed by atoms with Crippen molar-refractivity contribution in [3.05, 3.63) is 24.2 Å². The Morgan fingerprint density at radius 3 is 2.71 bits per heavy atom. The second kappa shape index (κ2) is 7.25. The molecule has 2 aliphatic rings. The smallest absolute Gasteiger partial charge is 0.221 e. The SMILES string of the molecule is C[C@](O)(CNC(=O)CC1(N2CCOCC2)CCCC1)c1ccco1. The number of ether oxygens (including phenoxy) is 1. The molecule has 0 aromatic carbocycles. The maximum absolute atomic E-state index is 12.6. The monoisotopic (exact) mass is 336 g/mol. The van der Waals surface area contributed by atoms with Gasteiger partial charge in [-0.05, 0) is 31.9 Å². The van der Waals surface area contributed by atoms with E-state index in [0.717, 1.165) is 39.1 Å². The molecule has 1 saturated heterocycles. The third-order valence-electron chi connectivity index (χ3n) is 5.39. The van der Waals surface area contributed by atoms with Gasteiger partial charge in [0.1, 0.15) is 11.4 Å². The maximum Gasteiger partial charge on any atom is 0.221 e. The quantitative estimate of drug-likeness (QED) is 0.826. The van der Waals surface area contributed by atoms with Gasteiger partial charge in [0, 0.05) is 25.0 Å². The maximum atomic E-state index is 12.6. The van der Waals surface area contributed by atoms with Gasteiger partial charge in [0.25, 0.3) is 0 Å². The number of hydrogen-bond acceptors (Lipinski definition) is 5. The van der Waals surface area contributed by atoms with Crippen molar-refractivity contribution in [1.82, 2.24) is 10.2 Å². The predicted molar refractivity (Wildman–Crippen MR) is 89.5 cm³/mol. The first-order chi connectivity index (χ1) is 11.5. The lowest BCUT2D eigenvalue weighted by atomic mass is 9.89. The largest absolute Gasteiger partial charge is 0.466 e. The highest BCUT2D eigenvalue weighted by molar-refractivity contribution is 5.77. The Labute approximate surface area is 143 Å². The van der Waals surface area contributed by atoms with E-state index >= 15 is 0 Å². The average Bonchev–Trinajstić information content (AvgIpc) is 3.27. The van der Waals surface area contributed by atoms with E-state index in [9.17, 15) is 9.90 Å². The molecule has 6 heteroatoms. The number of morpholine rings is 1. The summed E-state index contributed by atoms with van der Waals surface area (Å²) in [6, 6.07) is 3.45. The number of furan rings is 1. The fraction of sp³-hybridized carbons (Fsp3) is 0.722. The second-order valence-electron chi connectivity index (χ2n) is 7.24. The van der Waals surface area contributed by atoms with Gasteiger partial charge in [-0.1, -0.05) is 12.8 Å². The van der Waals surface area contributed by atoms with Crippen LogP contribution in [0.15, 0.2) is 22.8 Å². The van der Waals surface area contributed by atoms with E-state index in [1.54, 1.807) is 19.1 Å². The highest BCUT2D eigenvalue weighted by atomic mass is 16.5. The molecular weight excluding hydrogens is 308 g/mol. The van der Waals surface area contributed by atoms with Gasteiger partial charge in [-0.3, -0.25) is 9.69 Å². The molecule has 0 radical (unpaired) electrons. The molecule has 1 amide bonds. The lowest BCUT2D eigenvalue weighted by Gasteiger charge is -2.43. The van der Waals surface area contributed by atoms with Crippen LogP contribution in [0.1, 0.15) is 44.8 Å². The summed E-state index contributed by atoms with van der Waals surface area (Å²) in [6.07, 6.45) is 6.49. The van der Waals surface area contributed by atoms with Crippen molar-refractivity contribution >= 4 is 5.91 Å². The minimum Gasteiger partial charge on any atom is -0.466 e. The van der Waals surface area contributed by atoms with Gasteiger partial charge in [0.15, 0.2) is 0 Å². The molecular formula is C18H28N2O4. The summed E-state index contributed by atoms with van der Waals surface area (Å²) in [5, 5.41) is 13.4. The fourth-order valence-electron chi connectivity index (χ4n) is 3.98. The van der Waals surface area contributed by atoms with Crippen molar-refractivity contribution in [2.75, 3.05) is 32.8 Å². The molecule has 2 fully saturated rings. The van der Waals surface area contributed by atoms with Gasteiger partial charge in [0.2, 0.25) is 5.91 Å². The standard InChI is InChI=1S/C18H28N2O4/c1-17(22,15-5-4-10-24-15)14-19-16(21)13-18(6-2-3-7-18)20-8-11-23-12-9-20/h4-5,10,22H,2-3,6-9,11-14H2,1H3,(H,19,21)/t17-/m0/s1. The molecule has 134 valence electrons. The summed E-state index contributed by atoms with van der Waals surface area (Å²) in [5.74, 6) is 0.460. The Balaban J connectivity index is 1.58. The zero-order valence-electron chi connectivity index (χ0n) is 14.4. The number of nitrogens with zero attached hydrogens (tertiary/aromatic N) is 1. The van der Waals surface area contributed by atoms with Gasteiger partial charge in [-0.15, -0.1) is 0 Å². The topological polar surface area (TPSA) is 74.9 Å². The van der Waals surface area contributed by atoms with Gasteiger partial charge in [-0.2, -0.15) is 0 Å². The summed E-state index contributed by atoms with van der Waals surface area (Å²) in [4.78, 5) is 15.0. The summed E-state index contributed by atoms with van der Waals surface area (Å²) in [7, 11) is 0. The van der Waals surface area contributed by atoms with Crippen molar-refractivity contribution in [2.45, 2.75) is 50.2 Å². The van der Waals surface area contributed by atoms with E-state index in [1.165, 1.54) is 19.1 Å². The summed E-state index contributed by atoms with van der Waals surface area (Å²) >= 11 is 0. The van der Waals surface area contributed by atoms with Crippen molar-refractivity contribution in [2.24, 2.45) is 0 Å². The Kier molecular flexibility index (Phi) is 5.27. The van der Waals surface area contributed by atoms with Gasteiger partial charge in [-0.25, -0.2) is 0 Å². The third-order valence-corrected chi connectivity index (χ3v) is 5.39. The van der Waals surface area contributed by atoms with Gasteiger partial charge in [0.05, 0.1) is 26.0 Å². The van der Waals surface area contributed by atoms with Crippen LogP contribution in [0.3, 0.4) is 0 Å². The van der Waals surface area contributed by atoms with Crippen LogP contribution in [0.25, 0.3) is 0 Å². The van der Waals surface area contributed by atoms with Crippen LogP contribution in [0.5, 0.6) is 0 Å². The molecule has 2 heterocycles. The first-order valence-electron chi connectivity index (χ1n) is 8.88. The van der Waals surface area contributed by atoms with Crippen molar-refractivity contribution < 1.29 is 19.1 Å². The predicted octanol–water partition coefficient (Wildman–Crippen LogP) is 1.64. The molecule has 1 aromatic heterocycles. The zero-order chi connectivity index (χ0) is 17.0. The van der Waals surface area contributed by atoms with Gasteiger partial charge >= 0.3 is 0 Å². The Morgan fingerprint density at radius 2 is 2.08 bits per heavy atom. The Morgan fingerprint density at radius 1 is 1.38 bits per heavy atom. The van der Waals surface area contributed by atoms with Crippen LogP contribution >= 0.6 is 0 Å². The normalized spacial score (nSPS) is 23.8. The molecule has 1 aliphatic carbocycles. The number of carbonyl (C=O) groups excluding carboxylic acids is 1. The van der Waals surface area contributed by atoms with E-state index in [2.05, 4.69) is 10.2 Å². The van der Waals surface area contributed by atoms with E-state index < -0.39 is 5.60 Å². The molecule has 2 N–H and O–H groups in total. The van der Waals surface area contributed by atoms with E-state index in [0.29, 0.717) is 12.2 Å². The lowest BCUT2D eigenvalue weighted by molar-refractivity contribution is -0.126. The zero-order valence-corrected chi connectivity index (χ0v) is 14.4. The van der Waals surface area contributed by atoms with Crippen LogP contribution in [0, 0.1) is 0 Å². The Hall–Kier alpha value is -1.37. The van der Waals surface area contributed by atoms with E-state index in [1.807, 2.05) is 0 Å².